The maximum absolute atomic E-state index is 6.45. The van der Waals surface area contributed by atoms with Gasteiger partial charge >= 0.3 is 0 Å². The highest BCUT2D eigenvalue weighted by Crippen LogP contribution is 2.35. The monoisotopic (exact) mass is 548 g/mol. The molecule has 0 unspecified atom stereocenters. The SMILES string of the molecule is CCCc1cccc(C)c1-c1cnn(-c2cccc(Oc3ccc4c5ccccc5n(-c5cc(C)ccn5)c4c3)c2)c1. The second-order valence-corrected chi connectivity index (χ2v) is 10.9. The smallest absolute Gasteiger partial charge is 0.137 e. The fourth-order valence-electron chi connectivity index (χ4n) is 5.94. The van der Waals surface area contributed by atoms with Crippen LogP contribution in [0.1, 0.15) is 30.0 Å². The van der Waals surface area contributed by atoms with E-state index < -0.39 is 0 Å². The van der Waals surface area contributed by atoms with E-state index in [1.54, 1.807) is 0 Å². The zero-order valence-corrected chi connectivity index (χ0v) is 24.1. The fraction of sp³-hybridized carbons (Fsp3) is 0.135. The Hall–Kier alpha value is -5.16. The van der Waals surface area contributed by atoms with Crippen LogP contribution in [0.4, 0.5) is 0 Å². The Morgan fingerprint density at radius 2 is 1.60 bits per heavy atom. The summed E-state index contributed by atoms with van der Waals surface area (Å²) in [6.45, 7) is 6.48. The lowest BCUT2D eigenvalue weighted by atomic mass is 9.95. The van der Waals surface area contributed by atoms with Gasteiger partial charge in [-0.3, -0.25) is 4.57 Å². The molecule has 0 bridgehead atoms. The van der Waals surface area contributed by atoms with Crippen LogP contribution in [0.2, 0.25) is 0 Å². The Labute approximate surface area is 245 Å². The van der Waals surface area contributed by atoms with Crippen LogP contribution in [0, 0.1) is 13.8 Å². The largest absolute Gasteiger partial charge is 0.457 e. The van der Waals surface area contributed by atoms with Crippen molar-refractivity contribution in [1.82, 2.24) is 19.3 Å². The Kier molecular flexibility index (Phi) is 6.55. The molecule has 5 heteroatoms. The third-order valence-electron chi connectivity index (χ3n) is 7.84. The minimum Gasteiger partial charge on any atom is -0.457 e. The number of pyridine rings is 1. The van der Waals surface area contributed by atoms with E-state index in [4.69, 9.17) is 14.8 Å². The molecule has 0 amide bonds. The molecule has 3 heterocycles. The summed E-state index contributed by atoms with van der Waals surface area (Å²) in [5.41, 5.74) is 9.34. The summed E-state index contributed by atoms with van der Waals surface area (Å²) in [7, 11) is 0. The maximum Gasteiger partial charge on any atom is 0.137 e. The van der Waals surface area contributed by atoms with Crippen LogP contribution < -0.4 is 4.74 Å². The van der Waals surface area contributed by atoms with Crippen molar-refractivity contribution >= 4 is 21.8 Å². The minimum atomic E-state index is 0.753. The normalized spacial score (nSPS) is 11.4. The van der Waals surface area contributed by atoms with Gasteiger partial charge in [-0.25, -0.2) is 9.67 Å². The van der Waals surface area contributed by atoms with Crippen LogP contribution in [0.25, 0.3) is 44.4 Å². The molecule has 7 aromatic rings. The summed E-state index contributed by atoms with van der Waals surface area (Å²) in [6, 6.07) is 33.5. The topological polar surface area (TPSA) is 44.9 Å². The van der Waals surface area contributed by atoms with Gasteiger partial charge in [0.05, 0.1) is 22.9 Å². The van der Waals surface area contributed by atoms with Crippen molar-refractivity contribution in [2.75, 3.05) is 0 Å². The van der Waals surface area contributed by atoms with Crippen LogP contribution >= 0.6 is 0 Å². The summed E-state index contributed by atoms with van der Waals surface area (Å²) in [4.78, 5) is 4.70. The van der Waals surface area contributed by atoms with Crippen LogP contribution in [0.15, 0.2) is 116 Å². The average molecular weight is 549 g/mol. The number of aryl methyl sites for hydroxylation is 3. The molecule has 5 nitrogen and oxygen atoms in total. The van der Waals surface area contributed by atoms with Gasteiger partial charge in [0.2, 0.25) is 0 Å². The van der Waals surface area contributed by atoms with Gasteiger partial charge in [-0.2, -0.15) is 5.10 Å². The van der Waals surface area contributed by atoms with Crippen molar-refractivity contribution in [3.8, 4) is 34.1 Å². The molecular formula is C37H32N4O. The third-order valence-corrected chi connectivity index (χ3v) is 7.84. The highest BCUT2D eigenvalue weighted by molar-refractivity contribution is 6.09. The maximum atomic E-state index is 6.45. The molecule has 0 aliphatic carbocycles. The van der Waals surface area contributed by atoms with E-state index in [1.165, 1.54) is 27.6 Å². The first-order valence-corrected chi connectivity index (χ1v) is 14.5. The van der Waals surface area contributed by atoms with Gasteiger partial charge in [0.1, 0.15) is 17.3 Å². The van der Waals surface area contributed by atoms with E-state index in [0.717, 1.165) is 57.8 Å². The predicted octanol–water partition coefficient (Wildman–Crippen LogP) is 9.39. The van der Waals surface area contributed by atoms with Crippen LogP contribution in [-0.2, 0) is 6.42 Å². The number of fused-ring (bicyclic) bond motifs is 3. The lowest BCUT2D eigenvalue weighted by Crippen LogP contribution is -1.97. The van der Waals surface area contributed by atoms with Gasteiger partial charge in [-0.1, -0.05) is 55.8 Å². The molecule has 0 N–H and O–H groups in total. The molecule has 0 aliphatic rings. The van der Waals surface area contributed by atoms with E-state index >= 15 is 0 Å². The number of hydrogen-bond donors (Lipinski definition) is 0. The zero-order valence-electron chi connectivity index (χ0n) is 24.1. The molecule has 7 rings (SSSR count). The van der Waals surface area contributed by atoms with Crippen LogP contribution in [0.3, 0.4) is 0 Å². The molecule has 0 atom stereocenters. The van der Waals surface area contributed by atoms with Gasteiger partial charge in [-0.05, 0) is 85.0 Å². The molecule has 0 aliphatic heterocycles. The number of hydrogen-bond acceptors (Lipinski definition) is 3. The molecule has 0 saturated carbocycles. The molecule has 206 valence electrons. The Morgan fingerprint density at radius 3 is 2.48 bits per heavy atom. The molecular weight excluding hydrogens is 516 g/mol. The Balaban J connectivity index is 1.24. The summed E-state index contributed by atoms with van der Waals surface area (Å²) < 4.78 is 10.6. The first kappa shape index (κ1) is 25.8. The zero-order chi connectivity index (χ0) is 28.6. The molecule has 0 spiro atoms. The van der Waals surface area contributed by atoms with E-state index in [9.17, 15) is 0 Å². The van der Waals surface area contributed by atoms with E-state index in [-0.39, 0.29) is 0 Å². The van der Waals surface area contributed by atoms with Gasteiger partial charge in [0.15, 0.2) is 0 Å². The van der Waals surface area contributed by atoms with Gasteiger partial charge in [-0.15, -0.1) is 0 Å². The molecule has 0 fully saturated rings. The van der Waals surface area contributed by atoms with Gasteiger partial charge < -0.3 is 4.74 Å². The van der Waals surface area contributed by atoms with E-state index in [0.29, 0.717) is 0 Å². The van der Waals surface area contributed by atoms with Crippen molar-refractivity contribution in [3.05, 3.63) is 132 Å². The number of para-hydroxylation sites is 1. The summed E-state index contributed by atoms with van der Waals surface area (Å²) in [6.07, 6.45) is 8.09. The van der Waals surface area contributed by atoms with Gasteiger partial charge in [0.25, 0.3) is 0 Å². The van der Waals surface area contributed by atoms with E-state index in [1.807, 2.05) is 47.4 Å². The number of benzene rings is 4. The van der Waals surface area contributed by atoms with Crippen molar-refractivity contribution in [2.24, 2.45) is 0 Å². The number of aromatic nitrogens is 4. The standard InChI is InChI=1S/C37H32N4O/c1-4-9-27-11-7-10-26(3)37(27)28-23-39-40(24-28)29-12-8-13-30(21-29)42-31-16-17-33-32-14-5-6-15-34(32)41(35(33)22-31)36-20-25(2)18-19-38-36/h5-8,10-24H,4,9H2,1-3H3. The lowest BCUT2D eigenvalue weighted by molar-refractivity contribution is 0.483. The van der Waals surface area contributed by atoms with Crippen LogP contribution in [-0.4, -0.2) is 19.3 Å². The Bertz CT molecular complexity index is 2070. The third kappa shape index (κ3) is 4.63. The van der Waals surface area contributed by atoms with Crippen molar-refractivity contribution in [3.63, 3.8) is 0 Å². The molecule has 0 radical (unpaired) electrons. The van der Waals surface area contributed by atoms with Gasteiger partial charge in [0, 0.05) is 40.9 Å². The van der Waals surface area contributed by atoms with Crippen molar-refractivity contribution < 1.29 is 4.74 Å². The quantitative estimate of drug-likeness (QED) is 0.199. The Morgan fingerprint density at radius 1 is 0.762 bits per heavy atom. The van der Waals surface area contributed by atoms with Crippen LogP contribution in [0.5, 0.6) is 11.5 Å². The van der Waals surface area contributed by atoms with Crippen molar-refractivity contribution in [2.45, 2.75) is 33.6 Å². The molecule has 0 saturated heterocycles. The number of nitrogens with zero attached hydrogens (tertiary/aromatic N) is 4. The first-order chi connectivity index (χ1) is 20.6. The number of rotatable bonds is 7. The predicted molar refractivity (Wildman–Crippen MR) is 171 cm³/mol. The summed E-state index contributed by atoms with van der Waals surface area (Å²) in [5, 5.41) is 7.08. The molecule has 3 aromatic heterocycles. The second-order valence-electron chi connectivity index (χ2n) is 10.9. The number of ether oxygens (including phenoxy) is 1. The average Bonchev–Trinajstić information content (AvgIpc) is 3.61. The van der Waals surface area contributed by atoms with E-state index in [2.05, 4.69) is 98.3 Å². The highest BCUT2D eigenvalue weighted by Gasteiger charge is 2.15. The minimum absolute atomic E-state index is 0.753. The fourth-order valence-corrected chi connectivity index (χ4v) is 5.94. The summed E-state index contributed by atoms with van der Waals surface area (Å²) in [5.74, 6) is 2.41. The first-order valence-electron chi connectivity index (χ1n) is 14.5. The lowest BCUT2D eigenvalue weighted by Gasteiger charge is -2.11. The highest BCUT2D eigenvalue weighted by atomic mass is 16.5. The molecule has 4 aromatic carbocycles. The molecule has 42 heavy (non-hydrogen) atoms. The van der Waals surface area contributed by atoms with Crippen molar-refractivity contribution in [1.29, 1.82) is 0 Å². The second kappa shape index (κ2) is 10.7. The summed E-state index contributed by atoms with van der Waals surface area (Å²) >= 11 is 0.